The van der Waals surface area contributed by atoms with Crippen LogP contribution in [-0.4, -0.2) is 65.2 Å². The standard InChI is InChI=1S/C21H21BrN2O2.C21H20BrNO4.C20H19BrN2O3.C19H15Br2NO2.C19H15BrINO2.CH4/c22-17-10-20-19(25-11-26-20)9-16(17)21-14-3-1-2-13(14)15-8-12(6-7-23)4-5-18(15)24-21;1-11(24)12-4-5-17-15(7-12)21-13(3-2-6-25-21)20(23-17)14-8-18-19(9-16(14)22)27-10-26-18;1-10(24)11-2-3-16-14(6-11)19-12(4-5-22-19)20(23-16)13-7-17-18(8-15(13)21)26-9-25-17;20-10-4-5-16-13(6-10)11-2-1-3-12(11)19(22-16)14-7-17-18(8-15(14)21)24-9-23-17;20-15-8-18-17(23-9-24-18)7-14(15)19-12-3-1-2-11(12)13-6-10(21)4-5-16(13)22-19;/h1-2,4-5,8-10,13-14,21,24H,3,6-7,11,23H2;4-5,7-9,13,20-21,23H,2-3,6,10H2,1H3;2-3,6-8,12,19-20,22-23H,4-5,9H2,1H3;2*1-2,4-8,11-12,19,22H,3,9H2;1H4. The van der Waals surface area contributed by atoms with Crippen LogP contribution in [0.15, 0.2) is 215 Å². The minimum Gasteiger partial charge on any atom is -0.454 e. The molecule has 3 aliphatic carbocycles. The second kappa shape index (κ2) is 36.8. The van der Waals surface area contributed by atoms with E-state index in [9.17, 15) is 9.59 Å². The Bertz CT molecular complexity index is 6030. The number of hydrogen-bond acceptors (Lipinski definition) is 20. The van der Waals surface area contributed by atoms with Gasteiger partial charge in [-0.3, -0.25) is 9.59 Å². The van der Waals surface area contributed by atoms with Crippen LogP contribution in [0, 0.1) is 33.2 Å². The maximum atomic E-state index is 11.8. The van der Waals surface area contributed by atoms with Crippen LogP contribution in [0.3, 0.4) is 0 Å². The maximum Gasteiger partial charge on any atom is 0.231 e. The Morgan fingerprint density at radius 1 is 0.375 bits per heavy atom. The summed E-state index contributed by atoms with van der Waals surface area (Å²) in [6.07, 6.45) is 21.3. The zero-order valence-corrected chi connectivity index (χ0v) is 80.9. The number of nitrogens with two attached hydrogens (primary N) is 1. The van der Waals surface area contributed by atoms with E-state index in [1.165, 1.54) is 70.7 Å². The van der Waals surface area contributed by atoms with E-state index in [1.54, 1.807) is 13.8 Å². The van der Waals surface area contributed by atoms with Gasteiger partial charge in [0, 0.05) is 118 Å². The van der Waals surface area contributed by atoms with E-state index >= 15 is 0 Å². The zero-order valence-electron chi connectivity index (χ0n) is 69.2. The molecule has 15 aliphatic rings. The van der Waals surface area contributed by atoms with Gasteiger partial charge >= 0.3 is 0 Å². The number of fused-ring (bicyclic) bond motifs is 20. The highest BCUT2D eigenvalue weighted by atomic mass is 127. The van der Waals surface area contributed by atoms with Crippen molar-refractivity contribution in [2.45, 2.75) is 126 Å². The molecule has 0 radical (unpaired) electrons. The quantitative estimate of drug-likeness (QED) is 0.0404. The lowest BCUT2D eigenvalue weighted by atomic mass is 9.76. The number of rotatable bonds is 9. The highest BCUT2D eigenvalue weighted by Gasteiger charge is 2.47. The highest BCUT2D eigenvalue weighted by Crippen LogP contribution is 2.60. The molecule has 660 valence electrons. The Balaban J connectivity index is 0.000000100. The summed E-state index contributed by atoms with van der Waals surface area (Å²) >= 11 is 24.6. The van der Waals surface area contributed by atoms with Gasteiger partial charge < -0.3 is 89.7 Å². The molecule has 10 aromatic rings. The van der Waals surface area contributed by atoms with Crippen LogP contribution in [0.1, 0.15) is 202 Å². The van der Waals surface area contributed by atoms with E-state index in [1.807, 2.05) is 66.7 Å². The number of allylic oxidation sites excluding steroid dienone is 6. The minimum atomic E-state index is -0.0170. The first-order valence-corrected chi connectivity index (χ1v) is 49.1. The second-order valence-electron chi connectivity index (χ2n) is 34.4. The lowest BCUT2D eigenvalue weighted by molar-refractivity contribution is -0.0382. The first-order valence-electron chi connectivity index (χ1n) is 43.2. The molecular formula is C101H94Br6IN7O13. The molecule has 27 heteroatoms. The summed E-state index contributed by atoms with van der Waals surface area (Å²) in [5.41, 5.74) is 26.8. The Labute approximate surface area is 807 Å². The van der Waals surface area contributed by atoms with Crippen LogP contribution in [0.2, 0.25) is 0 Å². The number of ketones is 2. The summed E-state index contributed by atoms with van der Waals surface area (Å²) < 4.78 is 69.3. The van der Waals surface area contributed by atoms with E-state index in [2.05, 4.69) is 271 Å². The van der Waals surface area contributed by atoms with Gasteiger partial charge in [0.15, 0.2) is 69.1 Å². The topological polar surface area (TPSA) is 234 Å². The molecule has 2 saturated heterocycles. The van der Waals surface area contributed by atoms with Gasteiger partial charge in [-0.15, -0.1) is 0 Å². The van der Waals surface area contributed by atoms with Crippen LogP contribution in [0.4, 0.5) is 28.4 Å². The summed E-state index contributed by atoms with van der Waals surface area (Å²) in [5.74, 6) is 11.8. The molecule has 20 nitrogen and oxygen atoms in total. The number of carbonyl (C=O) groups excluding carboxylic acids is 2. The van der Waals surface area contributed by atoms with Crippen molar-refractivity contribution in [1.82, 2.24) is 5.32 Å². The molecule has 15 unspecified atom stereocenters. The number of hydrogen-bond donors (Lipinski definition) is 7. The predicted octanol–water partition coefficient (Wildman–Crippen LogP) is 25.7. The summed E-state index contributed by atoms with van der Waals surface area (Å²) in [4.78, 5) is 23.6. The third-order valence-electron chi connectivity index (χ3n) is 27.3. The zero-order chi connectivity index (χ0) is 86.6. The summed E-state index contributed by atoms with van der Waals surface area (Å²) in [5, 5.41) is 22.3. The molecule has 0 bridgehead atoms. The number of nitrogens with one attached hydrogen (secondary N) is 6. The average Bonchev–Trinajstić information content (AvgIpc) is 1.06. The number of halogens is 7. The van der Waals surface area contributed by atoms with Crippen LogP contribution in [-0.2, 0) is 11.2 Å². The predicted molar refractivity (Wildman–Crippen MR) is 526 cm³/mol. The average molecular weight is 2220 g/mol. The fourth-order valence-corrected chi connectivity index (χ4v) is 25.0. The molecule has 8 N–H and O–H groups in total. The fourth-order valence-electron chi connectivity index (χ4n) is 21.3. The fraction of sp³-hybridized carbons (Fsp3) is 0.327. The maximum absolute atomic E-state index is 11.8. The van der Waals surface area contributed by atoms with Gasteiger partial charge in [0.05, 0.1) is 36.3 Å². The first-order chi connectivity index (χ1) is 61.9. The van der Waals surface area contributed by atoms with Crippen molar-refractivity contribution in [3.05, 3.63) is 291 Å². The van der Waals surface area contributed by atoms with Gasteiger partial charge in [-0.05, 0) is 307 Å². The third kappa shape index (κ3) is 16.7. The summed E-state index contributed by atoms with van der Waals surface area (Å²) in [6, 6.07) is 53.4. The monoisotopic (exact) mass is 2210 g/mol. The normalized spacial score (nSPS) is 25.3. The van der Waals surface area contributed by atoms with Gasteiger partial charge in [0.1, 0.15) is 0 Å². The molecule has 25 rings (SSSR count). The number of carbonyl (C=O) groups is 2. The molecule has 0 saturated carbocycles. The molecule has 0 spiro atoms. The molecule has 10 aromatic carbocycles. The van der Waals surface area contributed by atoms with Crippen molar-refractivity contribution in [1.29, 1.82) is 0 Å². The molecule has 0 amide bonds. The van der Waals surface area contributed by atoms with E-state index in [0.717, 1.165) is 176 Å². The van der Waals surface area contributed by atoms with Gasteiger partial charge in [0.2, 0.25) is 34.0 Å². The first kappa shape index (κ1) is 87.2. The lowest BCUT2D eigenvalue weighted by Crippen LogP contribution is -2.36. The van der Waals surface area contributed by atoms with Crippen molar-refractivity contribution < 1.29 is 61.7 Å². The number of ether oxygens (including phenoxy) is 11. The van der Waals surface area contributed by atoms with Gasteiger partial charge in [-0.2, -0.15) is 0 Å². The van der Waals surface area contributed by atoms with Gasteiger partial charge in [0.25, 0.3) is 0 Å². The van der Waals surface area contributed by atoms with Crippen LogP contribution in [0.25, 0.3) is 0 Å². The highest BCUT2D eigenvalue weighted by molar-refractivity contribution is 14.1. The van der Waals surface area contributed by atoms with E-state index in [-0.39, 0.29) is 80.9 Å². The Morgan fingerprint density at radius 3 is 1.15 bits per heavy atom. The Kier molecular flexibility index (Phi) is 25.1. The Hall–Kier alpha value is -8.75. The van der Waals surface area contributed by atoms with Crippen molar-refractivity contribution >= 4 is 158 Å². The lowest BCUT2D eigenvalue weighted by Gasteiger charge is -2.43. The third-order valence-corrected chi connectivity index (χ3v) is 31.9. The molecule has 128 heavy (non-hydrogen) atoms. The molecule has 12 heterocycles. The minimum absolute atomic E-state index is 0. The van der Waals surface area contributed by atoms with Gasteiger partial charge in [-0.1, -0.05) is 152 Å². The molecule has 0 aromatic heterocycles. The second-order valence-corrected chi connectivity index (χ2v) is 40.9. The van der Waals surface area contributed by atoms with E-state index < -0.39 is 0 Å². The smallest absolute Gasteiger partial charge is 0.231 e. The molecular weight excluding hydrogens is 2130 g/mol. The summed E-state index contributed by atoms with van der Waals surface area (Å²) in [7, 11) is 0. The number of Topliss-reactive ketones (excluding diaryl/α,β-unsaturated/α-hetero) is 2. The number of anilines is 5. The largest absolute Gasteiger partial charge is 0.454 e. The van der Waals surface area contributed by atoms with E-state index in [0.29, 0.717) is 68.3 Å². The van der Waals surface area contributed by atoms with Crippen LogP contribution in [0.5, 0.6) is 57.5 Å². The van der Waals surface area contributed by atoms with Crippen molar-refractivity contribution in [2.75, 3.05) is 80.2 Å². The molecule has 2 fully saturated rings. The molecule has 12 aliphatic heterocycles. The van der Waals surface area contributed by atoms with Crippen molar-refractivity contribution in [3.8, 4) is 57.5 Å². The van der Waals surface area contributed by atoms with Crippen LogP contribution >= 0.6 is 118 Å². The van der Waals surface area contributed by atoms with Crippen molar-refractivity contribution in [2.24, 2.45) is 35.3 Å². The van der Waals surface area contributed by atoms with Crippen LogP contribution < -0.4 is 85.0 Å². The van der Waals surface area contributed by atoms with Gasteiger partial charge in [-0.25, -0.2) is 0 Å². The van der Waals surface area contributed by atoms with E-state index in [4.69, 9.17) is 57.8 Å². The van der Waals surface area contributed by atoms with Crippen molar-refractivity contribution in [3.63, 3.8) is 0 Å². The molecule has 15 atom stereocenters. The summed E-state index contributed by atoms with van der Waals surface area (Å²) in [6.45, 7) is 7.05. The SMILES string of the molecule is Brc1cc2c(cc1C1Nc3ccc(I)cc3C3C=CCC31)OCO2.Brc1ccc2c(c1)C1C=CCC1C(c1cc3c(cc1Br)OCO3)N2.C.CC(=O)c1ccc2c(c1)C1NCCC1C(c1cc3c(cc1Br)OCO3)N2.CC(=O)c1ccc2c(c1)C1OCCCC1C(c1cc3c(cc1Br)OCO3)N2.NCCc1ccc2c(c1)C1C=CCC1C(c1cc3c(cc1Br)OCO3)N2. The Morgan fingerprint density at radius 2 is 0.727 bits per heavy atom. The number of benzene rings is 10.